The summed E-state index contributed by atoms with van der Waals surface area (Å²) in [4.78, 5) is 37.5. The quantitative estimate of drug-likeness (QED) is 0.185. The van der Waals surface area contributed by atoms with Crippen LogP contribution < -0.4 is 14.8 Å². The van der Waals surface area contributed by atoms with E-state index in [1.807, 2.05) is 25.1 Å². The second-order valence-electron chi connectivity index (χ2n) is 17.0. The van der Waals surface area contributed by atoms with Gasteiger partial charge in [0, 0.05) is 42.3 Å². The highest BCUT2D eigenvalue weighted by atomic mass is 32.2. The lowest BCUT2D eigenvalue weighted by Gasteiger charge is -2.65. The largest absolute Gasteiger partial charge is 0.423 e. The molecule has 0 heterocycles. The molecule has 3 saturated carbocycles. The van der Waals surface area contributed by atoms with E-state index < -0.39 is 11.9 Å². The van der Waals surface area contributed by atoms with Gasteiger partial charge in [0.2, 0.25) is 5.91 Å². The summed E-state index contributed by atoms with van der Waals surface area (Å²) < 4.78 is 11.6. The molecule has 0 bridgehead atoms. The van der Waals surface area contributed by atoms with Crippen LogP contribution in [0, 0.1) is 40.9 Å². The number of carbonyl (C=O) groups is 3. The molecule has 49 heavy (non-hydrogen) atoms. The first kappa shape index (κ1) is 35.8. The van der Waals surface area contributed by atoms with Gasteiger partial charge in [0.05, 0.1) is 5.25 Å². The van der Waals surface area contributed by atoms with Crippen LogP contribution in [-0.2, 0) is 19.8 Å². The molecule has 3 fully saturated rings. The SMILES string of the molecule is CC(=O)Nc1ccc(SC2C=C3C(C)(CCC4C5C[C@](C)(C(C)C)CCC5(C)CCC34C)c3cc(OC(C)=O)c(OC(C)=O)c(C)c32)cc1. The Labute approximate surface area is 297 Å². The van der Waals surface area contributed by atoms with Gasteiger partial charge in [0.1, 0.15) is 0 Å². The predicted molar refractivity (Wildman–Crippen MR) is 197 cm³/mol. The van der Waals surface area contributed by atoms with Crippen molar-refractivity contribution in [2.75, 3.05) is 5.32 Å². The molecule has 4 aliphatic carbocycles. The Balaban J connectivity index is 1.51. The molecule has 2 aromatic rings. The molecule has 6 unspecified atom stereocenters. The third kappa shape index (κ3) is 6.16. The molecule has 0 aliphatic heterocycles. The third-order valence-corrected chi connectivity index (χ3v) is 14.8. The molecule has 6 rings (SSSR count). The maximum atomic E-state index is 12.4. The lowest BCUT2D eigenvalue weighted by Crippen LogP contribution is -2.57. The van der Waals surface area contributed by atoms with E-state index in [0.717, 1.165) is 34.6 Å². The van der Waals surface area contributed by atoms with Gasteiger partial charge >= 0.3 is 11.9 Å². The zero-order valence-corrected chi connectivity index (χ0v) is 32.0. The van der Waals surface area contributed by atoms with Gasteiger partial charge in [-0.2, -0.15) is 0 Å². The molecule has 0 spiro atoms. The number of hydrogen-bond donors (Lipinski definition) is 1. The first-order valence-corrected chi connectivity index (χ1v) is 19.1. The standard InChI is InChI=1S/C42H55NO5S/c1-24(2)40(8)18-17-39(7)19-20-42(10)31(33(39)23-40)15-16-41(9)32-21-34(47-27(5)45)38(48-28(6)46)25(3)37(32)35(22-36(41)42)49-30-13-11-29(12-14-30)43-26(4)44/h11-14,21-22,24,31,33,35H,15-20,23H2,1-10H3,(H,43,44)/t31?,33?,35?,39?,40-,41?,42?/m1/s1. The zero-order valence-electron chi connectivity index (χ0n) is 31.2. The van der Waals surface area contributed by atoms with Gasteiger partial charge in [0.15, 0.2) is 11.5 Å². The van der Waals surface area contributed by atoms with Crippen molar-refractivity contribution in [3.8, 4) is 11.5 Å². The Morgan fingerprint density at radius 1 is 0.878 bits per heavy atom. The fourth-order valence-corrected chi connectivity index (χ4v) is 11.6. The second-order valence-corrected chi connectivity index (χ2v) is 18.2. The average molecular weight is 686 g/mol. The van der Waals surface area contributed by atoms with E-state index in [4.69, 9.17) is 9.47 Å². The number of hydrogen-bond acceptors (Lipinski definition) is 6. The smallest absolute Gasteiger partial charge is 0.308 e. The van der Waals surface area contributed by atoms with Crippen LogP contribution in [0.25, 0.3) is 0 Å². The summed E-state index contributed by atoms with van der Waals surface area (Å²) in [7, 11) is 0. The van der Waals surface area contributed by atoms with E-state index >= 15 is 0 Å². The van der Waals surface area contributed by atoms with Crippen LogP contribution in [0.1, 0.15) is 129 Å². The molecule has 0 saturated heterocycles. The highest BCUT2D eigenvalue weighted by Gasteiger charge is 2.61. The number of allylic oxidation sites excluding steroid dienone is 1. The number of thioether (sulfide) groups is 1. The summed E-state index contributed by atoms with van der Waals surface area (Å²) in [5, 5.41) is 2.82. The number of anilines is 1. The lowest BCUT2D eigenvalue weighted by molar-refractivity contribution is -0.134. The number of esters is 2. The van der Waals surface area contributed by atoms with Gasteiger partial charge in [-0.25, -0.2) is 0 Å². The normalized spacial score (nSPS) is 33.3. The van der Waals surface area contributed by atoms with Gasteiger partial charge < -0.3 is 14.8 Å². The van der Waals surface area contributed by atoms with Crippen LogP contribution in [0.3, 0.4) is 0 Å². The number of fused-ring (bicyclic) bond motifs is 7. The monoisotopic (exact) mass is 685 g/mol. The molecule has 7 atom stereocenters. The highest BCUT2D eigenvalue weighted by Crippen LogP contribution is 2.71. The van der Waals surface area contributed by atoms with Gasteiger partial charge in [-0.15, -0.1) is 11.8 Å². The summed E-state index contributed by atoms with van der Waals surface area (Å²) in [5.41, 5.74) is 5.92. The van der Waals surface area contributed by atoms with Crippen LogP contribution in [0.2, 0.25) is 0 Å². The minimum Gasteiger partial charge on any atom is -0.423 e. The first-order valence-electron chi connectivity index (χ1n) is 18.2. The number of amides is 1. The average Bonchev–Trinajstić information content (AvgIpc) is 3.01. The van der Waals surface area contributed by atoms with Crippen LogP contribution >= 0.6 is 11.8 Å². The van der Waals surface area contributed by atoms with E-state index in [1.54, 1.807) is 11.8 Å². The van der Waals surface area contributed by atoms with Gasteiger partial charge in [-0.1, -0.05) is 53.2 Å². The molecule has 7 heteroatoms. The van der Waals surface area contributed by atoms with E-state index in [-0.39, 0.29) is 22.0 Å². The number of benzene rings is 2. The summed E-state index contributed by atoms with van der Waals surface area (Å²) in [6, 6.07) is 10.0. The molecule has 264 valence electrons. The maximum absolute atomic E-state index is 12.4. The van der Waals surface area contributed by atoms with Crippen LogP contribution in [-0.4, -0.2) is 17.8 Å². The Kier molecular flexibility index (Phi) is 9.20. The molecule has 2 aromatic carbocycles. The molecule has 4 aliphatic rings. The minimum absolute atomic E-state index is 0.0300. The highest BCUT2D eigenvalue weighted by molar-refractivity contribution is 7.99. The van der Waals surface area contributed by atoms with Crippen molar-refractivity contribution in [3.05, 3.63) is 58.7 Å². The molecule has 1 N–H and O–H groups in total. The van der Waals surface area contributed by atoms with Crippen LogP contribution in [0.4, 0.5) is 5.69 Å². The van der Waals surface area contributed by atoms with Crippen molar-refractivity contribution in [3.63, 3.8) is 0 Å². The Morgan fingerprint density at radius 3 is 2.14 bits per heavy atom. The van der Waals surface area contributed by atoms with Crippen LogP contribution in [0.15, 0.2) is 46.9 Å². The maximum Gasteiger partial charge on any atom is 0.308 e. The number of carbonyl (C=O) groups excluding carboxylic acids is 3. The minimum atomic E-state index is -0.452. The Bertz CT molecular complexity index is 1710. The number of ether oxygens (including phenoxy) is 2. The van der Waals surface area contributed by atoms with Gasteiger partial charge in [-0.05, 0) is 127 Å². The molecule has 0 aromatic heterocycles. The molecule has 0 radical (unpaired) electrons. The number of rotatable bonds is 6. The van der Waals surface area contributed by atoms with Gasteiger partial charge in [-0.3, -0.25) is 14.4 Å². The van der Waals surface area contributed by atoms with E-state index in [2.05, 4.69) is 65.1 Å². The molecular weight excluding hydrogens is 631 g/mol. The first-order chi connectivity index (χ1) is 22.9. The van der Waals surface area contributed by atoms with Crippen molar-refractivity contribution in [2.24, 2.45) is 34.0 Å². The van der Waals surface area contributed by atoms with Crippen molar-refractivity contribution >= 4 is 35.3 Å². The van der Waals surface area contributed by atoms with E-state index in [1.165, 1.54) is 64.0 Å². The second kappa shape index (κ2) is 12.6. The Morgan fingerprint density at radius 2 is 1.53 bits per heavy atom. The van der Waals surface area contributed by atoms with Gasteiger partial charge in [0.25, 0.3) is 0 Å². The summed E-state index contributed by atoms with van der Waals surface area (Å²) >= 11 is 1.78. The van der Waals surface area contributed by atoms with Crippen molar-refractivity contribution in [1.82, 2.24) is 0 Å². The van der Waals surface area contributed by atoms with Crippen LogP contribution in [0.5, 0.6) is 11.5 Å². The number of nitrogens with one attached hydrogen (secondary N) is 1. The van der Waals surface area contributed by atoms with E-state index in [9.17, 15) is 14.4 Å². The van der Waals surface area contributed by atoms with E-state index in [0.29, 0.717) is 40.1 Å². The molecular formula is C42H55NO5S. The fraction of sp³-hybridized carbons (Fsp3) is 0.595. The molecule has 1 amide bonds. The summed E-state index contributed by atoms with van der Waals surface area (Å²) in [6.07, 6.45) is 11.1. The summed E-state index contributed by atoms with van der Waals surface area (Å²) in [6.45, 7) is 21.2. The third-order valence-electron chi connectivity index (χ3n) is 13.6. The predicted octanol–water partition coefficient (Wildman–Crippen LogP) is 10.5. The van der Waals surface area contributed by atoms with Crippen molar-refractivity contribution in [1.29, 1.82) is 0 Å². The fourth-order valence-electron chi connectivity index (χ4n) is 10.4. The van der Waals surface area contributed by atoms with Crippen molar-refractivity contribution < 1.29 is 23.9 Å². The Hall–Kier alpha value is -3.06. The summed E-state index contributed by atoms with van der Waals surface area (Å²) in [5.74, 6) is 1.57. The lowest BCUT2D eigenvalue weighted by atomic mass is 9.39. The topological polar surface area (TPSA) is 81.7 Å². The zero-order chi connectivity index (χ0) is 35.7. The van der Waals surface area contributed by atoms with Crippen molar-refractivity contribution in [2.45, 2.75) is 130 Å². The molecule has 6 nitrogen and oxygen atoms in total.